The lowest BCUT2D eigenvalue weighted by Crippen LogP contribution is -3.06. The molecule has 0 amide bonds. The number of nitrogens with zero attached hydrogens (tertiary/aromatic N) is 3. The first-order chi connectivity index (χ1) is 14.5. The van der Waals surface area contributed by atoms with E-state index in [1.165, 1.54) is 22.2 Å². The van der Waals surface area contributed by atoms with Crippen molar-refractivity contribution in [2.45, 2.75) is 31.1 Å². The van der Waals surface area contributed by atoms with Crippen LogP contribution in [0.25, 0.3) is 0 Å². The molecule has 2 aromatic carbocycles. The van der Waals surface area contributed by atoms with Gasteiger partial charge in [-0.25, -0.2) is 0 Å². The topological polar surface area (TPSA) is 61.4 Å². The molecule has 0 aliphatic carbocycles. The molecule has 7 heteroatoms. The Morgan fingerprint density at radius 1 is 1.10 bits per heavy atom. The van der Waals surface area contributed by atoms with E-state index in [1.807, 2.05) is 18.2 Å². The number of methoxy groups -OCH3 is 1. The molecule has 30 heavy (non-hydrogen) atoms. The molecule has 3 aromatic rings. The fourth-order valence-electron chi connectivity index (χ4n) is 3.42. The van der Waals surface area contributed by atoms with E-state index in [0.717, 1.165) is 23.2 Å². The van der Waals surface area contributed by atoms with Gasteiger partial charge in [0.25, 0.3) is 0 Å². The van der Waals surface area contributed by atoms with Gasteiger partial charge in [0, 0.05) is 12.0 Å². The average Bonchev–Trinajstić information content (AvgIpc) is 3.15. The van der Waals surface area contributed by atoms with Gasteiger partial charge in [0.1, 0.15) is 11.8 Å². The van der Waals surface area contributed by atoms with Gasteiger partial charge in [0.15, 0.2) is 16.8 Å². The normalized spacial score (nSPS) is 12.2. The SMILES string of the molecule is CC[C@@H](c1nnc(SCC(=O)c2ccc(OC)cc2)n1Cc1ccccc1)[NH+](C)C. The molecule has 0 aliphatic rings. The van der Waals surface area contributed by atoms with Crippen LogP contribution in [0.5, 0.6) is 5.75 Å². The number of nitrogens with one attached hydrogen (secondary N) is 1. The van der Waals surface area contributed by atoms with Gasteiger partial charge in [-0.05, 0) is 29.8 Å². The number of ether oxygens (including phenoxy) is 1. The predicted molar refractivity (Wildman–Crippen MR) is 119 cm³/mol. The summed E-state index contributed by atoms with van der Waals surface area (Å²) in [5.41, 5.74) is 1.85. The Morgan fingerprint density at radius 3 is 2.40 bits per heavy atom. The number of Topliss-reactive ketones (excluding diaryl/α,β-unsaturated/α-hetero) is 1. The Balaban J connectivity index is 1.82. The molecule has 6 nitrogen and oxygen atoms in total. The van der Waals surface area contributed by atoms with Crippen LogP contribution < -0.4 is 9.64 Å². The number of ketones is 1. The van der Waals surface area contributed by atoms with Crippen molar-refractivity contribution in [3.8, 4) is 5.75 Å². The number of hydrogen-bond acceptors (Lipinski definition) is 5. The molecule has 0 spiro atoms. The maximum Gasteiger partial charge on any atom is 0.192 e. The van der Waals surface area contributed by atoms with Crippen LogP contribution in [-0.2, 0) is 6.54 Å². The molecule has 1 atom stereocenters. The molecule has 0 fully saturated rings. The Labute approximate surface area is 182 Å². The first-order valence-electron chi connectivity index (χ1n) is 10.1. The summed E-state index contributed by atoms with van der Waals surface area (Å²) in [5.74, 6) is 2.07. The van der Waals surface area contributed by atoms with Crippen LogP contribution in [0.15, 0.2) is 59.8 Å². The molecule has 0 aliphatic heterocycles. The highest BCUT2D eigenvalue weighted by Gasteiger charge is 2.25. The fraction of sp³-hybridized carbons (Fsp3) is 0.348. The summed E-state index contributed by atoms with van der Waals surface area (Å²) in [5, 5.41) is 9.74. The maximum atomic E-state index is 12.7. The summed E-state index contributed by atoms with van der Waals surface area (Å²) in [6.07, 6.45) is 0.963. The van der Waals surface area contributed by atoms with Crippen molar-refractivity contribution in [2.24, 2.45) is 0 Å². The van der Waals surface area contributed by atoms with Crippen LogP contribution in [0.3, 0.4) is 0 Å². The molecule has 3 rings (SSSR count). The van der Waals surface area contributed by atoms with Gasteiger partial charge >= 0.3 is 0 Å². The lowest BCUT2D eigenvalue weighted by molar-refractivity contribution is -0.893. The van der Waals surface area contributed by atoms with E-state index in [4.69, 9.17) is 4.74 Å². The van der Waals surface area contributed by atoms with Crippen LogP contribution in [0.1, 0.15) is 41.1 Å². The lowest BCUT2D eigenvalue weighted by atomic mass is 10.1. The molecule has 1 N–H and O–H groups in total. The summed E-state index contributed by atoms with van der Waals surface area (Å²) in [6.45, 7) is 2.85. The van der Waals surface area contributed by atoms with E-state index in [2.05, 4.69) is 47.9 Å². The van der Waals surface area contributed by atoms with Crippen molar-refractivity contribution in [3.63, 3.8) is 0 Å². The third-order valence-corrected chi connectivity index (χ3v) is 6.06. The van der Waals surface area contributed by atoms with E-state index >= 15 is 0 Å². The maximum absolute atomic E-state index is 12.7. The third-order valence-electron chi connectivity index (χ3n) is 5.09. The molecule has 1 aromatic heterocycles. The molecule has 0 saturated heterocycles. The van der Waals surface area contributed by atoms with Gasteiger partial charge in [0.2, 0.25) is 0 Å². The lowest BCUT2D eigenvalue weighted by Gasteiger charge is -2.20. The summed E-state index contributed by atoms with van der Waals surface area (Å²) in [7, 11) is 5.88. The average molecular weight is 426 g/mol. The standard InChI is InChI=1S/C23H28N4O2S/c1-5-20(26(2)3)22-24-25-23(27(22)15-17-9-7-6-8-10-17)30-16-21(28)18-11-13-19(29-4)14-12-18/h6-14,20H,5,15-16H2,1-4H3/p+1/t20-/m0/s1. The minimum absolute atomic E-state index is 0.0590. The Hall–Kier alpha value is -2.64. The minimum Gasteiger partial charge on any atom is -0.497 e. The van der Waals surface area contributed by atoms with Crippen LogP contribution in [0, 0.1) is 0 Å². The second kappa shape index (κ2) is 10.4. The zero-order valence-electron chi connectivity index (χ0n) is 18.0. The van der Waals surface area contributed by atoms with E-state index < -0.39 is 0 Å². The monoisotopic (exact) mass is 425 g/mol. The quantitative estimate of drug-likeness (QED) is 0.400. The predicted octanol–water partition coefficient (Wildman–Crippen LogP) is 2.91. The van der Waals surface area contributed by atoms with Gasteiger partial charge in [-0.2, -0.15) is 0 Å². The largest absolute Gasteiger partial charge is 0.497 e. The van der Waals surface area contributed by atoms with E-state index in [-0.39, 0.29) is 11.8 Å². The Kier molecular flexibility index (Phi) is 7.65. The highest BCUT2D eigenvalue weighted by atomic mass is 32.2. The smallest absolute Gasteiger partial charge is 0.192 e. The molecule has 0 bridgehead atoms. The second-order valence-corrected chi connectivity index (χ2v) is 8.33. The zero-order chi connectivity index (χ0) is 21.5. The van der Waals surface area contributed by atoms with Gasteiger partial charge in [0.05, 0.1) is 33.5 Å². The molecular weight excluding hydrogens is 396 g/mol. The summed E-state index contributed by atoms with van der Waals surface area (Å²) < 4.78 is 7.32. The first kappa shape index (κ1) is 22.1. The third kappa shape index (κ3) is 5.29. The van der Waals surface area contributed by atoms with Gasteiger partial charge in [-0.15, -0.1) is 10.2 Å². The number of rotatable bonds is 10. The molecular formula is C23H29N4O2S+. The number of hydrogen-bond donors (Lipinski definition) is 1. The number of thioether (sulfide) groups is 1. The second-order valence-electron chi connectivity index (χ2n) is 7.39. The highest BCUT2D eigenvalue weighted by Crippen LogP contribution is 2.23. The summed E-state index contributed by atoms with van der Waals surface area (Å²) in [6, 6.07) is 17.7. The number of carbonyl (C=O) groups is 1. The molecule has 0 unspecified atom stereocenters. The highest BCUT2D eigenvalue weighted by molar-refractivity contribution is 7.99. The van der Waals surface area contributed by atoms with Crippen molar-refractivity contribution < 1.29 is 14.4 Å². The summed E-state index contributed by atoms with van der Waals surface area (Å²) in [4.78, 5) is 14.0. The van der Waals surface area contributed by atoms with Gasteiger partial charge in [-0.1, -0.05) is 49.0 Å². The van der Waals surface area contributed by atoms with Crippen molar-refractivity contribution in [1.29, 1.82) is 0 Å². The van der Waals surface area contributed by atoms with E-state index in [0.29, 0.717) is 17.9 Å². The minimum atomic E-state index is 0.0590. The van der Waals surface area contributed by atoms with Gasteiger partial charge in [-0.3, -0.25) is 9.36 Å². The molecule has 1 heterocycles. The summed E-state index contributed by atoms with van der Waals surface area (Å²) >= 11 is 1.44. The van der Waals surface area contributed by atoms with Crippen LogP contribution in [0.2, 0.25) is 0 Å². The van der Waals surface area contributed by atoms with E-state index in [9.17, 15) is 4.79 Å². The first-order valence-corrected chi connectivity index (χ1v) is 11.1. The van der Waals surface area contributed by atoms with E-state index in [1.54, 1.807) is 31.4 Å². The van der Waals surface area contributed by atoms with Crippen molar-refractivity contribution in [3.05, 3.63) is 71.5 Å². The molecule has 0 saturated carbocycles. The molecule has 0 radical (unpaired) electrons. The van der Waals surface area contributed by atoms with Crippen LogP contribution >= 0.6 is 11.8 Å². The van der Waals surface area contributed by atoms with Crippen molar-refractivity contribution in [2.75, 3.05) is 27.0 Å². The fourth-order valence-corrected chi connectivity index (χ4v) is 4.26. The van der Waals surface area contributed by atoms with Gasteiger partial charge < -0.3 is 9.64 Å². The molecule has 158 valence electrons. The Bertz CT molecular complexity index is 955. The Morgan fingerprint density at radius 2 is 1.80 bits per heavy atom. The zero-order valence-corrected chi connectivity index (χ0v) is 18.8. The van der Waals surface area contributed by atoms with Crippen molar-refractivity contribution >= 4 is 17.5 Å². The van der Waals surface area contributed by atoms with Crippen LogP contribution in [0.4, 0.5) is 0 Å². The van der Waals surface area contributed by atoms with Crippen molar-refractivity contribution in [1.82, 2.24) is 14.8 Å². The van der Waals surface area contributed by atoms with Crippen LogP contribution in [-0.4, -0.2) is 47.5 Å². The number of aromatic nitrogens is 3. The number of carbonyl (C=O) groups excluding carboxylic acids is 1. The number of quaternary nitrogens is 1. The number of benzene rings is 2.